The zero-order valence-corrected chi connectivity index (χ0v) is 12.0. The standard InChI is InChI=1S/C14H20N2O2S/c1-10-8-12(4-5-13(10)15)19(17,18)16-9-14(6-7-14)11-2-3-11/h4-5,8,11,16H,2-3,6-7,9,15H2,1H3. The first-order valence-electron chi connectivity index (χ1n) is 6.79. The summed E-state index contributed by atoms with van der Waals surface area (Å²) in [5.41, 5.74) is 7.41. The number of anilines is 1. The predicted octanol–water partition coefficient (Wildman–Crippen LogP) is 2.05. The minimum Gasteiger partial charge on any atom is -0.399 e. The second-order valence-electron chi connectivity index (χ2n) is 5.98. The topological polar surface area (TPSA) is 72.2 Å². The third-order valence-electron chi connectivity index (χ3n) is 4.50. The van der Waals surface area contributed by atoms with Gasteiger partial charge in [-0.05, 0) is 67.7 Å². The van der Waals surface area contributed by atoms with E-state index in [9.17, 15) is 8.42 Å². The van der Waals surface area contributed by atoms with Crippen LogP contribution >= 0.6 is 0 Å². The van der Waals surface area contributed by atoms with E-state index in [0.717, 1.165) is 11.5 Å². The fourth-order valence-electron chi connectivity index (χ4n) is 2.72. The molecule has 1 aromatic carbocycles. The van der Waals surface area contributed by atoms with Crippen molar-refractivity contribution in [1.29, 1.82) is 0 Å². The van der Waals surface area contributed by atoms with Gasteiger partial charge in [-0.15, -0.1) is 0 Å². The van der Waals surface area contributed by atoms with E-state index in [1.807, 2.05) is 6.92 Å². The Morgan fingerprint density at radius 2 is 2.05 bits per heavy atom. The van der Waals surface area contributed by atoms with Gasteiger partial charge in [0.1, 0.15) is 0 Å². The second-order valence-corrected chi connectivity index (χ2v) is 7.75. The van der Waals surface area contributed by atoms with Gasteiger partial charge in [0, 0.05) is 12.2 Å². The molecule has 2 aliphatic rings. The van der Waals surface area contributed by atoms with E-state index >= 15 is 0 Å². The van der Waals surface area contributed by atoms with Crippen LogP contribution in [0.3, 0.4) is 0 Å². The van der Waals surface area contributed by atoms with Crippen LogP contribution in [0.1, 0.15) is 31.2 Å². The van der Waals surface area contributed by atoms with E-state index in [0.29, 0.717) is 17.1 Å². The lowest BCUT2D eigenvalue weighted by Crippen LogP contribution is -2.31. The van der Waals surface area contributed by atoms with Gasteiger partial charge in [0.15, 0.2) is 0 Å². The summed E-state index contributed by atoms with van der Waals surface area (Å²) in [5, 5.41) is 0. The molecule has 0 saturated heterocycles. The Bertz CT molecular complexity index is 602. The molecule has 0 radical (unpaired) electrons. The fraction of sp³-hybridized carbons (Fsp3) is 0.571. The molecular formula is C14H20N2O2S. The van der Waals surface area contributed by atoms with Crippen LogP contribution in [0.25, 0.3) is 0 Å². The monoisotopic (exact) mass is 280 g/mol. The van der Waals surface area contributed by atoms with Crippen molar-refractivity contribution >= 4 is 15.7 Å². The van der Waals surface area contributed by atoms with Crippen LogP contribution in [0, 0.1) is 18.3 Å². The Morgan fingerprint density at radius 3 is 2.58 bits per heavy atom. The lowest BCUT2D eigenvalue weighted by Gasteiger charge is -2.15. The average molecular weight is 280 g/mol. The van der Waals surface area contributed by atoms with Crippen LogP contribution in [0.4, 0.5) is 5.69 Å². The van der Waals surface area contributed by atoms with Gasteiger partial charge < -0.3 is 5.73 Å². The van der Waals surface area contributed by atoms with Crippen LogP contribution in [0.2, 0.25) is 0 Å². The maximum absolute atomic E-state index is 12.3. The van der Waals surface area contributed by atoms with Crippen LogP contribution < -0.4 is 10.5 Å². The van der Waals surface area contributed by atoms with E-state index in [4.69, 9.17) is 5.73 Å². The first-order chi connectivity index (χ1) is 8.93. The van der Waals surface area contributed by atoms with Gasteiger partial charge in [0.25, 0.3) is 0 Å². The molecule has 3 rings (SSSR count). The maximum atomic E-state index is 12.3. The zero-order valence-electron chi connectivity index (χ0n) is 11.1. The summed E-state index contributed by atoms with van der Waals surface area (Å²) in [5.74, 6) is 0.753. The van der Waals surface area contributed by atoms with E-state index in [2.05, 4.69) is 4.72 Å². The maximum Gasteiger partial charge on any atom is 0.240 e. The van der Waals surface area contributed by atoms with Crippen molar-refractivity contribution in [3.63, 3.8) is 0 Å². The average Bonchev–Trinajstić information content (AvgIpc) is 3.23. The van der Waals surface area contributed by atoms with Gasteiger partial charge in [0.05, 0.1) is 4.90 Å². The zero-order chi connectivity index (χ0) is 13.7. The van der Waals surface area contributed by atoms with Gasteiger partial charge >= 0.3 is 0 Å². The Labute approximate surface area is 114 Å². The van der Waals surface area contributed by atoms with Gasteiger partial charge in [-0.2, -0.15) is 0 Å². The van der Waals surface area contributed by atoms with Crippen LogP contribution in [-0.4, -0.2) is 15.0 Å². The summed E-state index contributed by atoms with van der Waals surface area (Å²) in [4.78, 5) is 0.311. The molecule has 2 aliphatic carbocycles. The van der Waals surface area contributed by atoms with Crippen LogP contribution in [0.15, 0.2) is 23.1 Å². The van der Waals surface area contributed by atoms with E-state index in [-0.39, 0.29) is 5.41 Å². The van der Waals surface area contributed by atoms with Gasteiger partial charge in [-0.25, -0.2) is 13.1 Å². The Kier molecular flexibility index (Phi) is 2.87. The molecular weight excluding hydrogens is 260 g/mol. The number of hydrogen-bond acceptors (Lipinski definition) is 3. The highest BCUT2D eigenvalue weighted by atomic mass is 32.2. The molecule has 0 aliphatic heterocycles. The highest BCUT2D eigenvalue weighted by Gasteiger charge is 2.53. The summed E-state index contributed by atoms with van der Waals surface area (Å²) in [6, 6.07) is 4.85. The lowest BCUT2D eigenvalue weighted by molar-refractivity contribution is 0.432. The number of nitrogen functional groups attached to an aromatic ring is 1. The summed E-state index contributed by atoms with van der Waals surface area (Å²) in [7, 11) is -3.40. The molecule has 0 spiro atoms. The van der Waals surface area contributed by atoms with E-state index < -0.39 is 10.0 Å². The number of hydrogen-bond donors (Lipinski definition) is 2. The smallest absolute Gasteiger partial charge is 0.240 e. The number of aryl methyl sites for hydroxylation is 1. The van der Waals surface area contributed by atoms with Crippen molar-refractivity contribution < 1.29 is 8.42 Å². The van der Waals surface area contributed by atoms with Crippen molar-refractivity contribution in [3.8, 4) is 0 Å². The molecule has 3 N–H and O–H groups in total. The molecule has 0 atom stereocenters. The van der Waals surface area contributed by atoms with Gasteiger partial charge in [-0.1, -0.05) is 0 Å². The van der Waals surface area contributed by atoms with Gasteiger partial charge in [0.2, 0.25) is 10.0 Å². The number of sulfonamides is 1. The largest absolute Gasteiger partial charge is 0.399 e. The van der Waals surface area contributed by atoms with Gasteiger partial charge in [-0.3, -0.25) is 0 Å². The molecule has 2 saturated carbocycles. The molecule has 4 nitrogen and oxygen atoms in total. The number of benzene rings is 1. The summed E-state index contributed by atoms with van der Waals surface area (Å²) in [6.45, 7) is 2.41. The summed E-state index contributed by atoms with van der Waals surface area (Å²) in [6.07, 6.45) is 4.87. The second kappa shape index (κ2) is 4.21. The van der Waals surface area contributed by atoms with Crippen LogP contribution in [-0.2, 0) is 10.0 Å². The third kappa shape index (κ3) is 2.49. The van der Waals surface area contributed by atoms with Crippen molar-refractivity contribution in [2.24, 2.45) is 11.3 Å². The first-order valence-corrected chi connectivity index (χ1v) is 8.27. The highest BCUT2D eigenvalue weighted by Crippen LogP contribution is 2.60. The fourth-order valence-corrected chi connectivity index (χ4v) is 3.95. The Hall–Kier alpha value is -1.07. The van der Waals surface area contributed by atoms with Crippen molar-refractivity contribution in [1.82, 2.24) is 4.72 Å². The predicted molar refractivity (Wildman–Crippen MR) is 75.2 cm³/mol. The third-order valence-corrected chi connectivity index (χ3v) is 5.90. The molecule has 0 amide bonds. The van der Waals surface area contributed by atoms with Crippen molar-refractivity contribution in [2.75, 3.05) is 12.3 Å². The quantitative estimate of drug-likeness (QED) is 0.811. The SMILES string of the molecule is Cc1cc(S(=O)(=O)NCC2(C3CC3)CC2)ccc1N. The minimum atomic E-state index is -3.40. The molecule has 0 aromatic heterocycles. The molecule has 19 heavy (non-hydrogen) atoms. The molecule has 0 bridgehead atoms. The van der Waals surface area contributed by atoms with Crippen molar-refractivity contribution in [3.05, 3.63) is 23.8 Å². The first kappa shape index (κ1) is 12.9. The molecule has 5 heteroatoms. The Balaban J connectivity index is 1.73. The normalized spacial score (nSPS) is 21.3. The van der Waals surface area contributed by atoms with E-state index in [1.54, 1.807) is 18.2 Å². The summed E-state index contributed by atoms with van der Waals surface area (Å²) >= 11 is 0. The molecule has 2 fully saturated rings. The highest BCUT2D eigenvalue weighted by molar-refractivity contribution is 7.89. The summed E-state index contributed by atoms with van der Waals surface area (Å²) < 4.78 is 27.3. The number of nitrogens with one attached hydrogen (secondary N) is 1. The van der Waals surface area contributed by atoms with Crippen LogP contribution in [0.5, 0.6) is 0 Å². The number of nitrogens with two attached hydrogens (primary N) is 1. The molecule has 1 aromatic rings. The molecule has 104 valence electrons. The minimum absolute atomic E-state index is 0.274. The molecule has 0 heterocycles. The Morgan fingerprint density at radius 1 is 1.37 bits per heavy atom. The lowest BCUT2D eigenvalue weighted by atomic mass is 10.0. The number of rotatable bonds is 5. The molecule has 0 unspecified atom stereocenters. The van der Waals surface area contributed by atoms with E-state index in [1.165, 1.54) is 25.7 Å². The van der Waals surface area contributed by atoms with Crippen molar-refractivity contribution in [2.45, 2.75) is 37.5 Å².